The Morgan fingerprint density at radius 3 is 1.58 bits per heavy atom. The molecule has 0 aliphatic heterocycles. The van der Waals surface area contributed by atoms with Crippen LogP contribution in [0.5, 0.6) is 0 Å². The number of carboxylic acids is 2. The van der Waals surface area contributed by atoms with Crippen LogP contribution in [0.3, 0.4) is 0 Å². The van der Waals surface area contributed by atoms with E-state index in [1.165, 1.54) is 0 Å². The van der Waals surface area contributed by atoms with Gasteiger partial charge in [0, 0.05) is 5.92 Å². The lowest BCUT2D eigenvalue weighted by molar-refractivity contribution is -0.150. The highest BCUT2D eigenvalue weighted by molar-refractivity contribution is 5.88. The van der Waals surface area contributed by atoms with E-state index in [4.69, 9.17) is 0 Å². The summed E-state index contributed by atoms with van der Waals surface area (Å²) in [6.45, 7) is 4.03. The van der Waals surface area contributed by atoms with Gasteiger partial charge >= 0.3 is 11.9 Å². The van der Waals surface area contributed by atoms with Crippen molar-refractivity contribution in [3.05, 3.63) is 108 Å². The number of carbonyl (C=O) groups is 2. The molecule has 0 aliphatic rings. The van der Waals surface area contributed by atoms with Crippen LogP contribution >= 0.6 is 0 Å². The van der Waals surface area contributed by atoms with Gasteiger partial charge in [-0.05, 0) is 42.4 Å². The van der Waals surface area contributed by atoms with Gasteiger partial charge in [0.2, 0.25) is 0 Å². The van der Waals surface area contributed by atoms with Gasteiger partial charge < -0.3 is 10.2 Å². The summed E-state index contributed by atoms with van der Waals surface area (Å²) in [5.74, 6) is -2.03. The van der Waals surface area contributed by atoms with Crippen LogP contribution in [0.2, 0.25) is 0 Å². The fraction of sp³-hybridized carbons (Fsp3) is 0.375. The molecule has 2 unspecified atom stereocenters. The lowest BCUT2D eigenvalue weighted by atomic mass is 9.61. The smallest absolute Gasteiger partial charge is 0.319 e. The summed E-state index contributed by atoms with van der Waals surface area (Å²) in [5, 5.41) is 21.1. The van der Waals surface area contributed by atoms with E-state index in [0.717, 1.165) is 29.5 Å². The molecule has 3 aromatic rings. The number of benzene rings is 3. The molecule has 4 heteroatoms. The lowest BCUT2D eigenvalue weighted by Crippen LogP contribution is -2.43. The van der Waals surface area contributed by atoms with E-state index >= 15 is 0 Å². The molecule has 0 heterocycles. The molecule has 0 radical (unpaired) electrons. The molecule has 3 aromatic carbocycles. The Morgan fingerprint density at radius 2 is 1.17 bits per heavy atom. The molecule has 190 valence electrons. The lowest BCUT2D eigenvalue weighted by Gasteiger charge is -2.39. The minimum atomic E-state index is -1.31. The average Bonchev–Trinajstić information content (AvgIpc) is 2.91. The Labute approximate surface area is 215 Å². The zero-order valence-electron chi connectivity index (χ0n) is 21.4. The third-order valence-electron chi connectivity index (χ3n) is 7.81. The van der Waals surface area contributed by atoms with Crippen LogP contribution in [0.15, 0.2) is 91.0 Å². The van der Waals surface area contributed by atoms with Gasteiger partial charge in [0.05, 0.1) is 5.41 Å². The van der Waals surface area contributed by atoms with Crippen molar-refractivity contribution in [3.8, 4) is 0 Å². The van der Waals surface area contributed by atoms with Gasteiger partial charge in [0.1, 0.15) is 5.41 Å². The summed E-state index contributed by atoms with van der Waals surface area (Å²) in [4.78, 5) is 25.8. The van der Waals surface area contributed by atoms with Crippen molar-refractivity contribution in [2.24, 2.45) is 5.41 Å². The van der Waals surface area contributed by atoms with Crippen molar-refractivity contribution in [3.63, 3.8) is 0 Å². The van der Waals surface area contributed by atoms with Crippen molar-refractivity contribution in [2.45, 2.75) is 70.1 Å². The highest BCUT2D eigenvalue weighted by Gasteiger charge is 2.49. The molecule has 0 aromatic heterocycles. The van der Waals surface area contributed by atoms with Crippen LogP contribution in [0.4, 0.5) is 0 Å². The van der Waals surface area contributed by atoms with Crippen LogP contribution in [0, 0.1) is 5.41 Å². The number of hydrogen-bond acceptors (Lipinski definition) is 2. The number of hydrogen-bond donors (Lipinski definition) is 2. The minimum Gasteiger partial charge on any atom is -0.481 e. The second-order valence-corrected chi connectivity index (χ2v) is 9.74. The Bertz CT molecular complexity index is 1060. The van der Waals surface area contributed by atoms with Gasteiger partial charge in [0.15, 0.2) is 0 Å². The molecule has 2 atom stereocenters. The molecule has 36 heavy (non-hydrogen) atoms. The van der Waals surface area contributed by atoms with Crippen LogP contribution in [0.1, 0.15) is 81.4 Å². The normalized spacial score (nSPS) is 14.1. The maximum Gasteiger partial charge on any atom is 0.319 e. The fourth-order valence-electron chi connectivity index (χ4n) is 5.69. The highest BCUT2D eigenvalue weighted by Crippen LogP contribution is 2.48. The molecule has 0 saturated carbocycles. The largest absolute Gasteiger partial charge is 0.481 e. The van der Waals surface area contributed by atoms with Gasteiger partial charge in [-0.3, -0.25) is 9.59 Å². The third-order valence-corrected chi connectivity index (χ3v) is 7.81. The zero-order chi connectivity index (χ0) is 26.0. The second-order valence-electron chi connectivity index (χ2n) is 9.74. The summed E-state index contributed by atoms with van der Waals surface area (Å²) in [5.41, 5.74) is 0.305. The maximum atomic E-state index is 13.4. The number of unbranched alkanes of at least 4 members (excludes halogenated alkanes) is 1. The molecule has 4 nitrogen and oxygen atoms in total. The monoisotopic (exact) mass is 486 g/mol. The maximum absolute atomic E-state index is 13.4. The first-order chi connectivity index (χ1) is 17.4. The molecule has 3 rings (SSSR count). The van der Waals surface area contributed by atoms with E-state index in [2.05, 4.69) is 6.92 Å². The molecular weight excluding hydrogens is 448 g/mol. The summed E-state index contributed by atoms with van der Waals surface area (Å²) >= 11 is 0. The van der Waals surface area contributed by atoms with Crippen LogP contribution in [-0.4, -0.2) is 22.2 Å². The fourth-order valence-corrected chi connectivity index (χ4v) is 5.69. The molecule has 2 N–H and O–H groups in total. The Hall–Kier alpha value is -3.40. The van der Waals surface area contributed by atoms with Crippen molar-refractivity contribution in [1.29, 1.82) is 0 Å². The predicted octanol–water partition coefficient (Wildman–Crippen LogP) is 7.68. The predicted molar refractivity (Wildman–Crippen MR) is 144 cm³/mol. The Kier molecular flexibility index (Phi) is 9.46. The first kappa shape index (κ1) is 27.2. The average molecular weight is 487 g/mol. The van der Waals surface area contributed by atoms with E-state index < -0.39 is 22.8 Å². The van der Waals surface area contributed by atoms with Gasteiger partial charge in [-0.1, -0.05) is 124 Å². The number of rotatable bonds is 14. The number of aliphatic carboxylic acids is 2. The summed E-state index contributed by atoms with van der Waals surface area (Å²) in [6.07, 6.45) is 4.74. The van der Waals surface area contributed by atoms with E-state index in [0.29, 0.717) is 32.1 Å². The Balaban J connectivity index is 2.12. The SMILES string of the molecule is CCCCC(CC)(CCCC(c1ccccc1)C(C(=O)O)(c1ccccc1)c1ccccc1)C(=O)O. The highest BCUT2D eigenvalue weighted by atomic mass is 16.4. The van der Waals surface area contributed by atoms with E-state index in [1.807, 2.05) is 97.9 Å². The molecule has 0 fully saturated rings. The zero-order valence-corrected chi connectivity index (χ0v) is 21.4. The first-order valence-electron chi connectivity index (χ1n) is 13.0. The van der Waals surface area contributed by atoms with Gasteiger partial charge in [-0.25, -0.2) is 0 Å². The van der Waals surface area contributed by atoms with E-state index in [9.17, 15) is 19.8 Å². The molecule has 0 saturated heterocycles. The molecule has 0 spiro atoms. The van der Waals surface area contributed by atoms with Crippen molar-refractivity contribution in [1.82, 2.24) is 0 Å². The third kappa shape index (κ3) is 5.53. The Morgan fingerprint density at radius 1 is 0.694 bits per heavy atom. The summed E-state index contributed by atoms with van der Waals surface area (Å²) < 4.78 is 0. The van der Waals surface area contributed by atoms with Crippen LogP contribution in [0.25, 0.3) is 0 Å². The van der Waals surface area contributed by atoms with Crippen molar-refractivity contribution in [2.75, 3.05) is 0 Å². The topological polar surface area (TPSA) is 74.6 Å². The van der Waals surface area contributed by atoms with E-state index in [-0.39, 0.29) is 5.92 Å². The van der Waals surface area contributed by atoms with Crippen LogP contribution in [-0.2, 0) is 15.0 Å². The molecule has 0 bridgehead atoms. The van der Waals surface area contributed by atoms with Crippen molar-refractivity contribution < 1.29 is 19.8 Å². The number of carboxylic acid groups (broad SMARTS) is 2. The van der Waals surface area contributed by atoms with Gasteiger partial charge in [0.25, 0.3) is 0 Å². The first-order valence-corrected chi connectivity index (χ1v) is 13.0. The van der Waals surface area contributed by atoms with Crippen LogP contribution < -0.4 is 0 Å². The summed E-state index contributed by atoms with van der Waals surface area (Å²) in [7, 11) is 0. The standard InChI is InChI=1S/C32H38O4/c1-3-5-23-31(4-2,29(33)34)24-15-22-28(25-16-9-6-10-17-25)32(30(35)36,26-18-11-7-12-19-26)27-20-13-8-14-21-27/h6-14,16-21,28H,3-5,15,22-24H2,1-2H3,(H,33,34)(H,35,36). The molecular formula is C32H38O4. The quantitative estimate of drug-likeness (QED) is 0.245. The van der Waals surface area contributed by atoms with Gasteiger partial charge in [-0.15, -0.1) is 0 Å². The van der Waals surface area contributed by atoms with E-state index in [1.54, 1.807) is 0 Å². The summed E-state index contributed by atoms with van der Waals surface area (Å²) in [6, 6.07) is 28.7. The molecule has 0 aliphatic carbocycles. The van der Waals surface area contributed by atoms with Gasteiger partial charge in [-0.2, -0.15) is 0 Å². The second kappa shape index (κ2) is 12.5. The molecule has 0 amide bonds. The minimum absolute atomic E-state index is 0.379. The van der Waals surface area contributed by atoms with Crippen molar-refractivity contribution >= 4 is 11.9 Å².